The fraction of sp³-hybridized carbons (Fsp3) is 0.500. The third kappa shape index (κ3) is 2.86. The zero-order valence-corrected chi connectivity index (χ0v) is 10.4. The molecule has 0 spiro atoms. The van der Waals surface area contributed by atoms with Gasteiger partial charge >= 0.3 is 0 Å². The SMILES string of the molecule is CCCc1ccc(C(=O)N2CC[C@H](N)C2)cc1. The summed E-state index contributed by atoms with van der Waals surface area (Å²) in [6.07, 6.45) is 3.12. The number of nitrogens with zero attached hydrogens (tertiary/aromatic N) is 1. The Bertz CT molecular complexity index is 386. The predicted octanol–water partition coefficient (Wildman–Crippen LogP) is 1.81. The third-order valence-corrected chi connectivity index (χ3v) is 3.25. The number of nitrogens with two attached hydrogens (primary N) is 1. The summed E-state index contributed by atoms with van der Waals surface area (Å²) < 4.78 is 0. The molecule has 1 saturated heterocycles. The second-order valence-corrected chi connectivity index (χ2v) is 4.75. The Morgan fingerprint density at radius 3 is 2.65 bits per heavy atom. The van der Waals surface area contributed by atoms with Gasteiger partial charge < -0.3 is 10.6 Å². The number of hydrogen-bond acceptors (Lipinski definition) is 2. The fourth-order valence-electron chi connectivity index (χ4n) is 2.26. The Morgan fingerprint density at radius 1 is 1.41 bits per heavy atom. The first kappa shape index (κ1) is 12.1. The van der Waals surface area contributed by atoms with Crippen molar-refractivity contribution in [2.45, 2.75) is 32.2 Å². The van der Waals surface area contributed by atoms with Crippen LogP contribution in [0.25, 0.3) is 0 Å². The molecule has 0 aliphatic carbocycles. The minimum absolute atomic E-state index is 0.112. The van der Waals surface area contributed by atoms with E-state index in [1.807, 2.05) is 29.2 Å². The van der Waals surface area contributed by atoms with Crippen molar-refractivity contribution in [2.75, 3.05) is 13.1 Å². The Balaban J connectivity index is 2.04. The number of carbonyl (C=O) groups excluding carboxylic acids is 1. The normalized spacial score (nSPS) is 19.6. The molecule has 1 aliphatic heterocycles. The third-order valence-electron chi connectivity index (χ3n) is 3.25. The Hall–Kier alpha value is -1.35. The summed E-state index contributed by atoms with van der Waals surface area (Å²) in [5, 5.41) is 0. The molecule has 0 aromatic heterocycles. The van der Waals surface area contributed by atoms with Gasteiger partial charge in [0.05, 0.1) is 0 Å². The van der Waals surface area contributed by atoms with Gasteiger partial charge in [-0.2, -0.15) is 0 Å². The van der Waals surface area contributed by atoms with E-state index in [1.54, 1.807) is 0 Å². The summed E-state index contributed by atoms with van der Waals surface area (Å²) in [5.74, 6) is 0.112. The maximum atomic E-state index is 12.1. The van der Waals surface area contributed by atoms with Crippen LogP contribution < -0.4 is 5.73 Å². The maximum absolute atomic E-state index is 12.1. The smallest absolute Gasteiger partial charge is 0.253 e. The number of benzene rings is 1. The molecule has 3 heteroatoms. The van der Waals surface area contributed by atoms with Gasteiger partial charge in [0.2, 0.25) is 0 Å². The van der Waals surface area contributed by atoms with Gasteiger partial charge in [-0.1, -0.05) is 25.5 Å². The van der Waals surface area contributed by atoms with Crippen molar-refractivity contribution in [2.24, 2.45) is 5.73 Å². The van der Waals surface area contributed by atoms with Crippen molar-refractivity contribution < 1.29 is 4.79 Å². The van der Waals surface area contributed by atoms with E-state index in [2.05, 4.69) is 6.92 Å². The molecule has 17 heavy (non-hydrogen) atoms. The molecular weight excluding hydrogens is 212 g/mol. The van der Waals surface area contributed by atoms with E-state index < -0.39 is 0 Å². The van der Waals surface area contributed by atoms with Crippen LogP contribution in [0.4, 0.5) is 0 Å². The van der Waals surface area contributed by atoms with Crippen LogP contribution in [-0.2, 0) is 6.42 Å². The van der Waals surface area contributed by atoms with Crippen molar-refractivity contribution in [3.05, 3.63) is 35.4 Å². The van der Waals surface area contributed by atoms with Crippen LogP contribution in [0.1, 0.15) is 35.7 Å². The van der Waals surface area contributed by atoms with E-state index in [0.29, 0.717) is 6.54 Å². The molecule has 2 N–H and O–H groups in total. The molecule has 1 heterocycles. The molecule has 0 radical (unpaired) electrons. The molecule has 1 aliphatic rings. The second kappa shape index (κ2) is 5.32. The quantitative estimate of drug-likeness (QED) is 0.864. The topological polar surface area (TPSA) is 46.3 Å². The van der Waals surface area contributed by atoms with Gasteiger partial charge in [-0.15, -0.1) is 0 Å². The lowest BCUT2D eigenvalue weighted by molar-refractivity contribution is 0.0791. The summed E-state index contributed by atoms with van der Waals surface area (Å²) in [5.41, 5.74) is 7.88. The molecule has 1 aromatic carbocycles. The Kier molecular flexibility index (Phi) is 3.79. The fourth-order valence-corrected chi connectivity index (χ4v) is 2.26. The Labute approximate surface area is 103 Å². The van der Waals surface area contributed by atoms with Crippen LogP contribution in [0.15, 0.2) is 24.3 Å². The van der Waals surface area contributed by atoms with E-state index in [0.717, 1.165) is 31.4 Å². The minimum Gasteiger partial charge on any atom is -0.337 e. The molecule has 2 rings (SSSR count). The standard InChI is InChI=1S/C14H20N2O/c1-2-3-11-4-6-12(7-5-11)14(17)16-9-8-13(15)10-16/h4-7,13H,2-3,8-10,15H2,1H3/t13-/m0/s1. The lowest BCUT2D eigenvalue weighted by atomic mass is 10.1. The van der Waals surface area contributed by atoms with Gasteiger partial charge in [0.15, 0.2) is 0 Å². The average molecular weight is 232 g/mol. The molecule has 0 unspecified atom stereocenters. The van der Waals surface area contributed by atoms with E-state index in [4.69, 9.17) is 5.73 Å². The number of aryl methyl sites for hydroxylation is 1. The van der Waals surface area contributed by atoms with Gasteiger partial charge in [-0.05, 0) is 30.5 Å². The van der Waals surface area contributed by atoms with Gasteiger partial charge in [0, 0.05) is 24.7 Å². The van der Waals surface area contributed by atoms with Crippen LogP contribution in [-0.4, -0.2) is 29.9 Å². The highest BCUT2D eigenvalue weighted by atomic mass is 16.2. The van der Waals surface area contributed by atoms with Gasteiger partial charge in [-0.25, -0.2) is 0 Å². The number of carbonyl (C=O) groups is 1. The van der Waals surface area contributed by atoms with Crippen LogP contribution in [0.2, 0.25) is 0 Å². The molecule has 1 aromatic rings. The van der Waals surface area contributed by atoms with E-state index in [1.165, 1.54) is 5.56 Å². The first-order valence-electron chi connectivity index (χ1n) is 6.34. The highest BCUT2D eigenvalue weighted by Crippen LogP contribution is 2.13. The molecule has 0 saturated carbocycles. The second-order valence-electron chi connectivity index (χ2n) is 4.75. The molecule has 1 fully saturated rings. The van der Waals surface area contributed by atoms with Crippen LogP contribution in [0.3, 0.4) is 0 Å². The molecule has 1 atom stereocenters. The largest absolute Gasteiger partial charge is 0.337 e. The predicted molar refractivity (Wildman–Crippen MR) is 68.9 cm³/mol. The first-order valence-corrected chi connectivity index (χ1v) is 6.34. The number of amides is 1. The average Bonchev–Trinajstić information content (AvgIpc) is 2.76. The van der Waals surface area contributed by atoms with Gasteiger partial charge in [-0.3, -0.25) is 4.79 Å². The number of hydrogen-bond donors (Lipinski definition) is 1. The zero-order chi connectivity index (χ0) is 12.3. The van der Waals surface area contributed by atoms with E-state index in [-0.39, 0.29) is 11.9 Å². The van der Waals surface area contributed by atoms with E-state index >= 15 is 0 Å². The van der Waals surface area contributed by atoms with Crippen LogP contribution in [0, 0.1) is 0 Å². The number of likely N-dealkylation sites (tertiary alicyclic amines) is 1. The maximum Gasteiger partial charge on any atom is 0.253 e. The van der Waals surface area contributed by atoms with Crippen molar-refractivity contribution >= 4 is 5.91 Å². The molecule has 92 valence electrons. The van der Waals surface area contributed by atoms with Gasteiger partial charge in [0.25, 0.3) is 5.91 Å². The van der Waals surface area contributed by atoms with Crippen molar-refractivity contribution in [1.82, 2.24) is 4.90 Å². The van der Waals surface area contributed by atoms with E-state index in [9.17, 15) is 4.79 Å². The van der Waals surface area contributed by atoms with Crippen molar-refractivity contribution in [1.29, 1.82) is 0 Å². The summed E-state index contributed by atoms with van der Waals surface area (Å²) in [6, 6.07) is 8.10. The highest BCUT2D eigenvalue weighted by molar-refractivity contribution is 5.94. The summed E-state index contributed by atoms with van der Waals surface area (Å²) >= 11 is 0. The minimum atomic E-state index is 0.112. The Morgan fingerprint density at radius 2 is 2.12 bits per heavy atom. The zero-order valence-electron chi connectivity index (χ0n) is 10.4. The highest BCUT2D eigenvalue weighted by Gasteiger charge is 2.24. The van der Waals surface area contributed by atoms with Crippen molar-refractivity contribution in [3.63, 3.8) is 0 Å². The summed E-state index contributed by atoms with van der Waals surface area (Å²) in [6.45, 7) is 3.64. The van der Waals surface area contributed by atoms with Crippen LogP contribution in [0.5, 0.6) is 0 Å². The summed E-state index contributed by atoms with van der Waals surface area (Å²) in [4.78, 5) is 14.0. The molecule has 0 bridgehead atoms. The monoisotopic (exact) mass is 232 g/mol. The van der Waals surface area contributed by atoms with Crippen molar-refractivity contribution in [3.8, 4) is 0 Å². The number of rotatable bonds is 3. The first-order chi connectivity index (χ1) is 8.20. The summed E-state index contributed by atoms with van der Waals surface area (Å²) in [7, 11) is 0. The molecular formula is C14H20N2O. The molecule has 3 nitrogen and oxygen atoms in total. The van der Waals surface area contributed by atoms with Gasteiger partial charge in [0.1, 0.15) is 0 Å². The van der Waals surface area contributed by atoms with Crippen LogP contribution >= 0.6 is 0 Å². The molecule has 1 amide bonds. The lowest BCUT2D eigenvalue weighted by Gasteiger charge is -2.15. The lowest BCUT2D eigenvalue weighted by Crippen LogP contribution is -2.31.